The van der Waals surface area contributed by atoms with Gasteiger partial charge in [-0.1, -0.05) is 12.5 Å². The molecule has 1 aliphatic carbocycles. The van der Waals surface area contributed by atoms with E-state index in [9.17, 15) is 4.79 Å². The zero-order valence-electron chi connectivity index (χ0n) is 12.5. The molecule has 2 atom stereocenters. The van der Waals surface area contributed by atoms with Gasteiger partial charge in [-0.25, -0.2) is 0 Å². The van der Waals surface area contributed by atoms with Crippen molar-refractivity contribution < 1.29 is 4.79 Å². The van der Waals surface area contributed by atoms with Gasteiger partial charge in [-0.3, -0.25) is 9.78 Å². The van der Waals surface area contributed by atoms with Crippen molar-refractivity contribution in [2.75, 3.05) is 6.54 Å². The van der Waals surface area contributed by atoms with E-state index in [4.69, 9.17) is 5.73 Å². The van der Waals surface area contributed by atoms with Crippen molar-refractivity contribution in [3.8, 4) is 0 Å². The summed E-state index contributed by atoms with van der Waals surface area (Å²) in [4.78, 5) is 18.9. The molecule has 1 aromatic heterocycles. The molecule has 1 heterocycles. The van der Waals surface area contributed by atoms with Crippen molar-refractivity contribution in [1.82, 2.24) is 9.88 Å². The SMILES string of the molecule is CC(C)N(Cc1cccnc1)C(=O)C1CCCC1CN. The molecule has 0 aromatic carbocycles. The maximum atomic E-state index is 12.8. The molecule has 4 heteroatoms. The van der Waals surface area contributed by atoms with Crippen LogP contribution in [0.4, 0.5) is 0 Å². The van der Waals surface area contributed by atoms with Gasteiger partial charge in [0.2, 0.25) is 5.91 Å². The zero-order valence-corrected chi connectivity index (χ0v) is 12.5. The van der Waals surface area contributed by atoms with Crippen molar-refractivity contribution in [3.05, 3.63) is 30.1 Å². The molecule has 1 aromatic rings. The van der Waals surface area contributed by atoms with E-state index in [1.807, 2.05) is 23.2 Å². The number of carbonyl (C=O) groups is 1. The topological polar surface area (TPSA) is 59.2 Å². The van der Waals surface area contributed by atoms with Gasteiger partial charge in [0.15, 0.2) is 0 Å². The quantitative estimate of drug-likeness (QED) is 0.896. The predicted octanol–water partition coefficient (Wildman–Crippen LogP) is 2.19. The molecule has 4 nitrogen and oxygen atoms in total. The Kier molecular flexibility index (Phi) is 5.12. The van der Waals surface area contributed by atoms with E-state index < -0.39 is 0 Å². The molecule has 1 amide bonds. The Labute approximate surface area is 121 Å². The fourth-order valence-corrected chi connectivity index (χ4v) is 3.06. The maximum Gasteiger partial charge on any atom is 0.226 e. The Morgan fingerprint density at radius 1 is 1.50 bits per heavy atom. The summed E-state index contributed by atoms with van der Waals surface area (Å²) in [5.41, 5.74) is 6.89. The van der Waals surface area contributed by atoms with Gasteiger partial charge in [0.25, 0.3) is 0 Å². The van der Waals surface area contributed by atoms with Crippen molar-refractivity contribution >= 4 is 5.91 Å². The molecular weight excluding hydrogens is 250 g/mol. The number of aromatic nitrogens is 1. The smallest absolute Gasteiger partial charge is 0.226 e. The van der Waals surface area contributed by atoms with Gasteiger partial charge in [-0.15, -0.1) is 0 Å². The molecule has 0 radical (unpaired) electrons. The third kappa shape index (κ3) is 3.37. The van der Waals surface area contributed by atoms with E-state index in [-0.39, 0.29) is 17.9 Å². The molecule has 1 fully saturated rings. The summed E-state index contributed by atoms with van der Waals surface area (Å²) < 4.78 is 0. The van der Waals surface area contributed by atoms with Crippen LogP contribution < -0.4 is 5.73 Å². The minimum absolute atomic E-state index is 0.110. The molecule has 0 spiro atoms. The molecule has 0 saturated heterocycles. The van der Waals surface area contributed by atoms with E-state index in [1.54, 1.807) is 6.20 Å². The van der Waals surface area contributed by atoms with Crippen LogP contribution in [0.1, 0.15) is 38.7 Å². The largest absolute Gasteiger partial charge is 0.336 e. The Hall–Kier alpha value is -1.42. The van der Waals surface area contributed by atoms with Crippen LogP contribution in [0.15, 0.2) is 24.5 Å². The Morgan fingerprint density at radius 3 is 2.90 bits per heavy atom. The van der Waals surface area contributed by atoms with Gasteiger partial charge < -0.3 is 10.6 Å². The lowest BCUT2D eigenvalue weighted by molar-refractivity contribution is -0.139. The summed E-state index contributed by atoms with van der Waals surface area (Å²) in [5.74, 6) is 0.730. The molecule has 2 rings (SSSR count). The zero-order chi connectivity index (χ0) is 14.5. The van der Waals surface area contributed by atoms with Crippen molar-refractivity contribution in [2.45, 2.75) is 45.7 Å². The average Bonchev–Trinajstić information content (AvgIpc) is 2.93. The lowest BCUT2D eigenvalue weighted by atomic mass is 9.94. The highest BCUT2D eigenvalue weighted by molar-refractivity contribution is 5.79. The summed E-state index contributed by atoms with van der Waals surface area (Å²) >= 11 is 0. The summed E-state index contributed by atoms with van der Waals surface area (Å²) in [6, 6.07) is 4.13. The second-order valence-corrected chi connectivity index (χ2v) is 5.95. The van der Waals surface area contributed by atoms with Crippen molar-refractivity contribution in [3.63, 3.8) is 0 Å². The van der Waals surface area contributed by atoms with Crippen LogP contribution in [0, 0.1) is 11.8 Å². The Morgan fingerprint density at radius 2 is 2.30 bits per heavy atom. The highest BCUT2D eigenvalue weighted by Crippen LogP contribution is 2.33. The monoisotopic (exact) mass is 275 g/mol. The number of carbonyl (C=O) groups excluding carboxylic acids is 1. The molecule has 0 aliphatic heterocycles. The van der Waals surface area contributed by atoms with Crippen LogP contribution in [0.3, 0.4) is 0 Å². The summed E-state index contributed by atoms with van der Waals surface area (Å²) in [6.07, 6.45) is 6.78. The number of hydrogen-bond donors (Lipinski definition) is 1. The molecule has 20 heavy (non-hydrogen) atoms. The van der Waals surface area contributed by atoms with Gasteiger partial charge in [0, 0.05) is 30.9 Å². The number of hydrogen-bond acceptors (Lipinski definition) is 3. The van der Waals surface area contributed by atoms with E-state index in [0.717, 1.165) is 24.8 Å². The van der Waals surface area contributed by atoms with Gasteiger partial charge >= 0.3 is 0 Å². The van der Waals surface area contributed by atoms with Crippen LogP contribution in [-0.4, -0.2) is 28.4 Å². The Balaban J connectivity index is 2.10. The van der Waals surface area contributed by atoms with Gasteiger partial charge in [-0.05, 0) is 50.8 Å². The molecular formula is C16H25N3O. The first kappa shape index (κ1) is 15.0. The molecule has 2 unspecified atom stereocenters. The van der Waals surface area contributed by atoms with Crippen LogP contribution in [0.5, 0.6) is 0 Å². The summed E-state index contributed by atoms with van der Waals surface area (Å²) in [5, 5.41) is 0. The first-order valence-electron chi connectivity index (χ1n) is 7.53. The second-order valence-electron chi connectivity index (χ2n) is 5.95. The predicted molar refractivity (Wildman–Crippen MR) is 79.8 cm³/mol. The molecule has 1 aliphatic rings. The van der Waals surface area contributed by atoms with E-state index in [1.165, 1.54) is 0 Å². The van der Waals surface area contributed by atoms with Gasteiger partial charge in [0.1, 0.15) is 0 Å². The summed E-state index contributed by atoms with van der Waals surface area (Å²) in [7, 11) is 0. The fraction of sp³-hybridized carbons (Fsp3) is 0.625. The number of amides is 1. The highest BCUT2D eigenvalue weighted by atomic mass is 16.2. The highest BCUT2D eigenvalue weighted by Gasteiger charge is 2.35. The minimum Gasteiger partial charge on any atom is -0.336 e. The first-order chi connectivity index (χ1) is 9.63. The molecule has 0 bridgehead atoms. The van der Waals surface area contributed by atoms with Crippen LogP contribution >= 0.6 is 0 Å². The number of pyridine rings is 1. The standard InChI is InChI=1S/C16H25N3O/c1-12(2)19(11-13-5-4-8-18-10-13)16(20)15-7-3-6-14(15)9-17/h4-5,8,10,12,14-15H,3,6-7,9,11,17H2,1-2H3. The van der Waals surface area contributed by atoms with E-state index in [0.29, 0.717) is 19.0 Å². The number of nitrogens with two attached hydrogens (primary N) is 1. The second kappa shape index (κ2) is 6.84. The lowest BCUT2D eigenvalue weighted by Crippen LogP contribution is -2.42. The van der Waals surface area contributed by atoms with Gasteiger partial charge in [0.05, 0.1) is 0 Å². The Bertz CT molecular complexity index is 433. The fourth-order valence-electron chi connectivity index (χ4n) is 3.06. The van der Waals surface area contributed by atoms with Crippen molar-refractivity contribution in [1.29, 1.82) is 0 Å². The third-order valence-electron chi connectivity index (χ3n) is 4.26. The first-order valence-corrected chi connectivity index (χ1v) is 7.53. The normalized spacial score (nSPS) is 22.2. The molecule has 2 N–H and O–H groups in total. The average molecular weight is 275 g/mol. The molecule has 110 valence electrons. The van der Waals surface area contributed by atoms with Crippen molar-refractivity contribution in [2.24, 2.45) is 17.6 Å². The third-order valence-corrected chi connectivity index (χ3v) is 4.26. The van der Waals surface area contributed by atoms with E-state index >= 15 is 0 Å². The van der Waals surface area contributed by atoms with Crippen LogP contribution in [-0.2, 0) is 11.3 Å². The maximum absolute atomic E-state index is 12.8. The molecule has 1 saturated carbocycles. The number of rotatable bonds is 5. The van der Waals surface area contributed by atoms with Gasteiger partial charge in [-0.2, -0.15) is 0 Å². The van der Waals surface area contributed by atoms with Crippen LogP contribution in [0.2, 0.25) is 0 Å². The number of nitrogens with zero attached hydrogens (tertiary/aromatic N) is 2. The summed E-state index contributed by atoms with van der Waals surface area (Å²) in [6.45, 7) is 5.40. The van der Waals surface area contributed by atoms with E-state index in [2.05, 4.69) is 18.8 Å². The minimum atomic E-state index is 0.110. The van der Waals surface area contributed by atoms with Crippen LogP contribution in [0.25, 0.3) is 0 Å². The lowest BCUT2D eigenvalue weighted by Gasteiger charge is -2.31.